The highest BCUT2D eigenvalue weighted by molar-refractivity contribution is 7.12. The number of aliphatic hydroxyl groups excluding tert-OH is 1. The number of alkyl halides is 5. The molecule has 31 heavy (non-hydrogen) atoms. The van der Waals surface area contributed by atoms with Crippen molar-refractivity contribution in [1.29, 1.82) is 0 Å². The maximum Gasteiger partial charge on any atom is 0.499 e. The highest BCUT2D eigenvalue weighted by atomic mass is 32.1. The van der Waals surface area contributed by atoms with Crippen molar-refractivity contribution in [2.45, 2.75) is 32.1 Å². The van der Waals surface area contributed by atoms with Gasteiger partial charge in [0.15, 0.2) is 16.6 Å². The van der Waals surface area contributed by atoms with Crippen molar-refractivity contribution in [3.05, 3.63) is 51.0 Å². The largest absolute Gasteiger partial charge is 0.505 e. The molecule has 0 fully saturated rings. The van der Waals surface area contributed by atoms with Crippen LogP contribution in [-0.4, -0.2) is 40.0 Å². The molecule has 1 aliphatic carbocycles. The van der Waals surface area contributed by atoms with Gasteiger partial charge in [0.25, 0.3) is 0 Å². The minimum Gasteiger partial charge on any atom is -0.505 e. The number of fused-ring (bicyclic) bond motifs is 1. The Balaban J connectivity index is 2.03. The molecule has 0 amide bonds. The number of aliphatic hydroxyl groups is 1. The fourth-order valence-corrected chi connectivity index (χ4v) is 3.76. The lowest BCUT2D eigenvalue weighted by molar-refractivity contribution is -0.359. The number of rotatable bonds is 6. The van der Waals surface area contributed by atoms with E-state index in [0.29, 0.717) is 6.07 Å². The minimum atomic E-state index is -6.00. The molecular weight excluding hydrogens is 456 g/mol. The third kappa shape index (κ3) is 4.09. The van der Waals surface area contributed by atoms with Gasteiger partial charge in [-0.25, -0.2) is 4.39 Å². The van der Waals surface area contributed by atoms with Crippen molar-refractivity contribution in [3.8, 4) is 5.06 Å². The van der Waals surface area contributed by atoms with Gasteiger partial charge in [0, 0.05) is 34.7 Å². The van der Waals surface area contributed by atoms with Crippen molar-refractivity contribution in [3.63, 3.8) is 0 Å². The van der Waals surface area contributed by atoms with E-state index in [1.54, 1.807) is 0 Å². The predicted octanol–water partition coefficient (Wildman–Crippen LogP) is 5.11. The van der Waals surface area contributed by atoms with Crippen LogP contribution in [0, 0.1) is 0 Å². The quantitative estimate of drug-likeness (QED) is 0.448. The lowest BCUT2D eigenvalue weighted by Crippen LogP contribution is -2.41. The fourth-order valence-electron chi connectivity index (χ4n) is 3.00. The van der Waals surface area contributed by atoms with E-state index in [0.717, 1.165) is 5.38 Å². The Morgan fingerprint density at radius 2 is 1.90 bits per heavy atom. The van der Waals surface area contributed by atoms with Gasteiger partial charge < -0.3 is 14.9 Å². The fraction of sp³-hybridized carbons (Fsp3) is 0.278. The molecule has 13 heteroatoms. The van der Waals surface area contributed by atoms with E-state index in [4.69, 9.17) is 5.11 Å². The summed E-state index contributed by atoms with van der Waals surface area (Å²) < 4.78 is 80.9. The molecule has 0 radical (unpaired) electrons. The number of carbonyl (C=O) groups is 2. The van der Waals surface area contributed by atoms with Crippen LogP contribution >= 0.6 is 11.3 Å². The summed E-state index contributed by atoms with van der Waals surface area (Å²) >= 11 is 0.251. The number of hydrogen-bond donors (Lipinski definition) is 2. The van der Waals surface area contributed by atoms with E-state index in [2.05, 4.69) is 9.73 Å². The van der Waals surface area contributed by atoms with E-state index in [1.807, 2.05) is 0 Å². The molecule has 1 aromatic heterocycles. The van der Waals surface area contributed by atoms with E-state index < -0.39 is 64.7 Å². The molecule has 6 nitrogen and oxygen atoms in total. The van der Waals surface area contributed by atoms with Crippen LogP contribution < -0.4 is 4.74 Å². The number of ether oxygens (including phenoxy) is 1. The second-order valence-electron chi connectivity index (χ2n) is 6.47. The zero-order valence-electron chi connectivity index (χ0n) is 15.3. The van der Waals surface area contributed by atoms with Crippen LogP contribution in [0.2, 0.25) is 0 Å². The molecule has 0 spiro atoms. The topological polar surface area (TPSA) is 96.2 Å². The number of Topliss-reactive ketones (excluding diaryl/α,β-unsaturated/α-hetero) is 1. The number of nitrogens with zero attached hydrogens (tertiary/aromatic N) is 1. The summed E-state index contributed by atoms with van der Waals surface area (Å²) in [6.07, 6.45) is -12.6. The van der Waals surface area contributed by atoms with E-state index in [-0.39, 0.29) is 33.9 Å². The zero-order valence-corrected chi connectivity index (χ0v) is 16.1. The summed E-state index contributed by atoms with van der Waals surface area (Å²) in [6.45, 7) is 1.42. The average Bonchev–Trinajstić information content (AvgIpc) is 3.19. The third-order valence-corrected chi connectivity index (χ3v) is 5.15. The molecule has 1 aromatic rings. The van der Waals surface area contributed by atoms with Gasteiger partial charge >= 0.3 is 18.3 Å². The summed E-state index contributed by atoms with van der Waals surface area (Å²) in [4.78, 5) is 28.1. The van der Waals surface area contributed by atoms with Gasteiger partial charge in [-0.1, -0.05) is 0 Å². The van der Waals surface area contributed by atoms with Crippen molar-refractivity contribution in [1.82, 2.24) is 0 Å². The van der Waals surface area contributed by atoms with Crippen molar-refractivity contribution in [2.75, 3.05) is 0 Å². The molecule has 0 unspecified atom stereocenters. The van der Waals surface area contributed by atoms with Gasteiger partial charge in [-0.05, 0) is 12.5 Å². The van der Waals surface area contributed by atoms with Crippen molar-refractivity contribution in [2.24, 2.45) is 4.99 Å². The first kappa shape index (κ1) is 22.6. The number of aliphatic imine (C=N–C) groups is 1. The highest BCUT2D eigenvalue weighted by Crippen LogP contribution is 2.42. The SMILES string of the molecule is CC1=C(CC(=O)O)C2=C(C(=O)c3csc(OC(F)(F)C(F)(F)F)c3)C(O)=C(F)CC2=N1. The molecule has 3 rings (SSSR count). The molecule has 2 N–H and O–H groups in total. The van der Waals surface area contributed by atoms with Gasteiger partial charge in [0.1, 0.15) is 5.83 Å². The number of hydrogen-bond acceptors (Lipinski definition) is 6. The van der Waals surface area contributed by atoms with Gasteiger partial charge in [0.05, 0.1) is 17.7 Å². The number of carbonyl (C=O) groups excluding carboxylic acids is 1. The van der Waals surface area contributed by atoms with Crippen LogP contribution in [0.25, 0.3) is 0 Å². The second kappa shape index (κ2) is 7.55. The molecule has 0 atom stereocenters. The first-order valence-corrected chi connectivity index (χ1v) is 9.19. The Kier molecular flexibility index (Phi) is 5.50. The first-order chi connectivity index (χ1) is 14.2. The molecule has 2 aliphatic rings. The van der Waals surface area contributed by atoms with Crippen LogP contribution in [0.1, 0.15) is 30.1 Å². The standard InChI is InChI=1S/C18H11F6NO5S/c1-6-8(3-11(26)27)13-10(25-6)4-9(19)16(29)14(13)15(28)7-2-12(31-5-7)30-18(23,24)17(20,21)22/h2,5,29H,3-4H2,1H3,(H,26,27). The van der Waals surface area contributed by atoms with Gasteiger partial charge in [0.2, 0.25) is 0 Å². The second-order valence-corrected chi connectivity index (χ2v) is 7.35. The van der Waals surface area contributed by atoms with Crippen LogP contribution in [0.4, 0.5) is 26.3 Å². The first-order valence-electron chi connectivity index (χ1n) is 8.31. The molecule has 0 saturated carbocycles. The van der Waals surface area contributed by atoms with Crippen LogP contribution in [0.3, 0.4) is 0 Å². The Morgan fingerprint density at radius 1 is 1.26 bits per heavy atom. The summed E-state index contributed by atoms with van der Waals surface area (Å²) in [6, 6.07) is 0.583. The van der Waals surface area contributed by atoms with E-state index in [9.17, 15) is 41.0 Å². The Morgan fingerprint density at radius 3 is 2.48 bits per heavy atom. The summed E-state index contributed by atoms with van der Waals surface area (Å²) in [5.41, 5.74) is -1.04. The Bertz CT molecular complexity index is 1110. The zero-order chi connectivity index (χ0) is 23.3. The number of ketones is 1. The average molecular weight is 467 g/mol. The number of halogens is 6. The van der Waals surface area contributed by atoms with Crippen LogP contribution in [0.15, 0.2) is 50.4 Å². The molecule has 166 valence electrons. The monoisotopic (exact) mass is 467 g/mol. The number of carboxylic acid groups (broad SMARTS) is 1. The molecule has 0 saturated heterocycles. The highest BCUT2D eigenvalue weighted by Gasteiger charge is 2.61. The summed E-state index contributed by atoms with van der Waals surface area (Å²) in [5.74, 6) is -4.65. The summed E-state index contributed by atoms with van der Waals surface area (Å²) in [5, 5.41) is 19.2. The maximum absolute atomic E-state index is 14.2. The minimum absolute atomic E-state index is 0.0114. The smallest absolute Gasteiger partial charge is 0.499 e. The van der Waals surface area contributed by atoms with Gasteiger partial charge in [-0.2, -0.15) is 22.0 Å². The number of thiophene rings is 1. The van der Waals surface area contributed by atoms with Gasteiger partial charge in [-0.15, -0.1) is 11.3 Å². The number of aliphatic carboxylic acids is 1. The summed E-state index contributed by atoms with van der Waals surface area (Å²) in [7, 11) is 0. The van der Waals surface area contributed by atoms with Gasteiger partial charge in [-0.3, -0.25) is 14.6 Å². The number of allylic oxidation sites excluding steroid dienone is 4. The van der Waals surface area contributed by atoms with Crippen molar-refractivity contribution >= 4 is 28.8 Å². The van der Waals surface area contributed by atoms with E-state index in [1.165, 1.54) is 6.92 Å². The number of carboxylic acids is 1. The van der Waals surface area contributed by atoms with Crippen LogP contribution in [-0.2, 0) is 4.79 Å². The lowest BCUT2D eigenvalue weighted by Gasteiger charge is -2.19. The molecule has 2 heterocycles. The maximum atomic E-state index is 14.2. The Labute approximate surface area is 173 Å². The molecular formula is C18H11F6NO5S. The van der Waals surface area contributed by atoms with E-state index >= 15 is 0 Å². The normalized spacial score (nSPS) is 17.2. The molecule has 1 aliphatic heterocycles. The lowest BCUT2D eigenvalue weighted by atomic mass is 9.85. The molecule has 0 aromatic carbocycles. The van der Waals surface area contributed by atoms with Crippen molar-refractivity contribution < 1.29 is 50.9 Å². The third-order valence-electron chi connectivity index (χ3n) is 4.35. The Hall–Kier alpha value is -3.09. The van der Waals surface area contributed by atoms with Crippen LogP contribution in [0.5, 0.6) is 5.06 Å². The molecule has 0 bridgehead atoms. The predicted molar refractivity (Wildman–Crippen MR) is 95.1 cm³/mol.